The molecule has 1 fully saturated rings. The third-order valence-electron chi connectivity index (χ3n) is 2.95. The van der Waals surface area contributed by atoms with Gasteiger partial charge in [-0.25, -0.2) is 4.98 Å². The molecule has 1 saturated heterocycles. The number of β-amino-alcohol motifs (C(OH)–C–C–N with tert-alkyl or cyclic N) is 1. The minimum Gasteiger partial charge on any atom is -0.388 e. The Morgan fingerprint density at radius 1 is 1.62 bits per heavy atom. The average Bonchev–Trinajstić information content (AvgIpc) is 2.22. The lowest BCUT2D eigenvalue weighted by Crippen LogP contribution is -2.54. The molecule has 0 aliphatic carbocycles. The largest absolute Gasteiger partial charge is 0.388 e. The molecular formula is C10H16N4O2. The van der Waals surface area contributed by atoms with Crippen molar-refractivity contribution in [1.29, 1.82) is 0 Å². The highest BCUT2D eigenvalue weighted by Crippen LogP contribution is 2.24. The van der Waals surface area contributed by atoms with E-state index < -0.39 is 11.7 Å². The van der Waals surface area contributed by atoms with Crippen LogP contribution in [0.2, 0.25) is 0 Å². The molecule has 2 atom stereocenters. The van der Waals surface area contributed by atoms with Crippen LogP contribution >= 0.6 is 0 Å². The van der Waals surface area contributed by atoms with Gasteiger partial charge in [-0.3, -0.25) is 0 Å². The van der Waals surface area contributed by atoms with E-state index in [0.717, 1.165) is 0 Å². The van der Waals surface area contributed by atoms with Crippen molar-refractivity contribution >= 4 is 11.8 Å². The number of aliphatic hydroxyl groups is 2. The molecule has 1 aliphatic heterocycles. The summed E-state index contributed by atoms with van der Waals surface area (Å²) in [4.78, 5) is 9.98. The highest BCUT2D eigenvalue weighted by molar-refractivity contribution is 5.38. The quantitative estimate of drug-likeness (QED) is 0.588. The molecule has 1 aromatic heterocycles. The summed E-state index contributed by atoms with van der Waals surface area (Å²) in [5.41, 5.74) is 4.53. The van der Waals surface area contributed by atoms with E-state index in [2.05, 4.69) is 9.97 Å². The molecule has 0 radical (unpaired) electrons. The van der Waals surface area contributed by atoms with Crippen LogP contribution in [0, 0.1) is 0 Å². The fraction of sp³-hybridized carbons (Fsp3) is 0.600. The van der Waals surface area contributed by atoms with E-state index in [4.69, 9.17) is 5.73 Å². The zero-order chi connectivity index (χ0) is 11.8. The lowest BCUT2D eigenvalue weighted by atomic mass is 9.91. The Kier molecular flexibility index (Phi) is 2.69. The number of nitrogens with two attached hydrogens (primary N) is 1. The first-order chi connectivity index (χ1) is 7.49. The van der Waals surface area contributed by atoms with Crippen LogP contribution in [-0.4, -0.2) is 45.0 Å². The van der Waals surface area contributed by atoms with Crippen LogP contribution in [0.4, 0.5) is 11.8 Å². The number of nitrogen functional groups attached to an aromatic ring is 1. The Labute approximate surface area is 93.7 Å². The number of hydrogen-bond acceptors (Lipinski definition) is 6. The van der Waals surface area contributed by atoms with Gasteiger partial charge in [-0.15, -0.1) is 0 Å². The van der Waals surface area contributed by atoms with Crippen LogP contribution in [-0.2, 0) is 0 Å². The molecule has 1 aliphatic rings. The van der Waals surface area contributed by atoms with Crippen LogP contribution in [0.3, 0.4) is 0 Å². The average molecular weight is 224 g/mol. The number of piperidine rings is 1. The van der Waals surface area contributed by atoms with E-state index in [1.165, 1.54) is 0 Å². The molecule has 0 unspecified atom stereocenters. The smallest absolute Gasteiger partial charge is 0.227 e. The summed E-state index contributed by atoms with van der Waals surface area (Å²) in [6, 6.07) is 1.61. The highest BCUT2D eigenvalue weighted by Gasteiger charge is 2.37. The maximum absolute atomic E-state index is 9.82. The first-order valence-electron chi connectivity index (χ1n) is 5.23. The molecule has 0 amide bonds. The second-order valence-corrected chi connectivity index (χ2v) is 4.35. The van der Waals surface area contributed by atoms with Crippen molar-refractivity contribution in [3.63, 3.8) is 0 Å². The van der Waals surface area contributed by atoms with Crippen LogP contribution in [0.1, 0.15) is 13.3 Å². The maximum atomic E-state index is 9.82. The molecule has 0 spiro atoms. The summed E-state index contributed by atoms with van der Waals surface area (Å²) in [6.45, 7) is 2.55. The number of aliphatic hydroxyl groups excluding tert-OH is 1. The molecular weight excluding hydrogens is 208 g/mol. The normalized spacial score (nSPS) is 30.4. The van der Waals surface area contributed by atoms with Crippen molar-refractivity contribution < 1.29 is 10.2 Å². The third-order valence-corrected chi connectivity index (χ3v) is 2.95. The summed E-state index contributed by atoms with van der Waals surface area (Å²) in [5, 5.41) is 19.6. The standard InChI is InChI=1S/C10H16N4O2/c1-10(16)3-5-14(6-7(10)15)9-12-4-2-8(11)13-9/h2,4,7,15-16H,3,5-6H2,1H3,(H2,11,12,13)/t7-,10-/m0/s1. The fourth-order valence-electron chi connectivity index (χ4n) is 1.72. The van der Waals surface area contributed by atoms with Crippen molar-refractivity contribution in [2.24, 2.45) is 0 Å². The van der Waals surface area contributed by atoms with Gasteiger partial charge in [0.25, 0.3) is 0 Å². The molecule has 88 valence electrons. The first kappa shape index (κ1) is 11.1. The summed E-state index contributed by atoms with van der Waals surface area (Å²) < 4.78 is 0. The first-order valence-corrected chi connectivity index (χ1v) is 5.23. The molecule has 2 rings (SSSR count). The van der Waals surface area contributed by atoms with Gasteiger partial charge < -0.3 is 20.8 Å². The summed E-state index contributed by atoms with van der Waals surface area (Å²) in [6.07, 6.45) is 1.26. The van der Waals surface area contributed by atoms with E-state index in [9.17, 15) is 10.2 Å². The lowest BCUT2D eigenvalue weighted by Gasteiger charge is -2.39. The molecule has 0 saturated carbocycles. The Morgan fingerprint density at radius 3 is 3.00 bits per heavy atom. The Hall–Kier alpha value is -1.40. The summed E-state index contributed by atoms with van der Waals surface area (Å²) in [5.74, 6) is 0.895. The van der Waals surface area contributed by atoms with Gasteiger partial charge in [-0.2, -0.15) is 4.98 Å². The van der Waals surface area contributed by atoms with Gasteiger partial charge in [0.1, 0.15) is 5.82 Å². The zero-order valence-corrected chi connectivity index (χ0v) is 9.17. The van der Waals surface area contributed by atoms with Gasteiger partial charge in [0, 0.05) is 19.3 Å². The number of rotatable bonds is 1. The Bertz CT molecular complexity index is 383. The monoisotopic (exact) mass is 224 g/mol. The van der Waals surface area contributed by atoms with Gasteiger partial charge in [0.2, 0.25) is 5.95 Å². The molecule has 16 heavy (non-hydrogen) atoms. The predicted molar refractivity (Wildman–Crippen MR) is 59.9 cm³/mol. The molecule has 0 aromatic carbocycles. The van der Waals surface area contributed by atoms with Gasteiger partial charge >= 0.3 is 0 Å². The minimum atomic E-state index is -1.03. The molecule has 1 aromatic rings. The van der Waals surface area contributed by atoms with Crippen LogP contribution in [0.25, 0.3) is 0 Å². The minimum absolute atomic E-state index is 0.316. The van der Waals surface area contributed by atoms with E-state index >= 15 is 0 Å². The Balaban J connectivity index is 2.14. The fourth-order valence-corrected chi connectivity index (χ4v) is 1.72. The van der Waals surface area contributed by atoms with Crippen molar-refractivity contribution in [3.05, 3.63) is 12.3 Å². The number of aromatic nitrogens is 2. The predicted octanol–water partition coefficient (Wildman–Crippen LogP) is -0.619. The maximum Gasteiger partial charge on any atom is 0.227 e. The van der Waals surface area contributed by atoms with Crippen molar-refractivity contribution in [3.8, 4) is 0 Å². The lowest BCUT2D eigenvalue weighted by molar-refractivity contribution is -0.0724. The summed E-state index contributed by atoms with van der Waals surface area (Å²) in [7, 11) is 0. The van der Waals surface area contributed by atoms with Gasteiger partial charge in [-0.1, -0.05) is 0 Å². The molecule has 6 nitrogen and oxygen atoms in total. The van der Waals surface area contributed by atoms with Crippen molar-refractivity contribution in [1.82, 2.24) is 9.97 Å². The Morgan fingerprint density at radius 2 is 2.38 bits per heavy atom. The zero-order valence-electron chi connectivity index (χ0n) is 9.17. The number of anilines is 2. The third kappa shape index (κ3) is 2.07. The van der Waals surface area contributed by atoms with Crippen LogP contribution in [0.15, 0.2) is 12.3 Å². The molecule has 6 heteroatoms. The van der Waals surface area contributed by atoms with E-state index in [1.54, 1.807) is 19.2 Å². The molecule has 0 bridgehead atoms. The topological polar surface area (TPSA) is 95.5 Å². The van der Waals surface area contributed by atoms with Gasteiger partial charge in [0.15, 0.2) is 0 Å². The van der Waals surface area contributed by atoms with E-state index in [0.29, 0.717) is 31.3 Å². The van der Waals surface area contributed by atoms with Gasteiger partial charge in [-0.05, 0) is 19.4 Å². The van der Waals surface area contributed by atoms with E-state index in [1.807, 2.05) is 4.90 Å². The molecule has 2 heterocycles. The molecule has 4 N–H and O–H groups in total. The van der Waals surface area contributed by atoms with E-state index in [-0.39, 0.29) is 0 Å². The van der Waals surface area contributed by atoms with Crippen LogP contribution < -0.4 is 10.6 Å². The highest BCUT2D eigenvalue weighted by atomic mass is 16.3. The second-order valence-electron chi connectivity index (χ2n) is 4.35. The van der Waals surface area contributed by atoms with Gasteiger partial charge in [0.05, 0.1) is 11.7 Å². The van der Waals surface area contributed by atoms with Crippen molar-refractivity contribution in [2.45, 2.75) is 25.0 Å². The summed E-state index contributed by atoms with van der Waals surface area (Å²) >= 11 is 0. The number of hydrogen-bond donors (Lipinski definition) is 3. The van der Waals surface area contributed by atoms with Crippen molar-refractivity contribution in [2.75, 3.05) is 23.7 Å². The SMILES string of the molecule is C[C@]1(O)CCN(c2nccc(N)n2)C[C@@H]1O. The number of nitrogens with zero attached hydrogens (tertiary/aromatic N) is 3. The van der Waals surface area contributed by atoms with Crippen LogP contribution in [0.5, 0.6) is 0 Å². The second kappa shape index (κ2) is 3.88.